The number of benzene rings is 1. The van der Waals surface area contributed by atoms with E-state index in [9.17, 15) is 14.7 Å². The lowest BCUT2D eigenvalue weighted by molar-refractivity contribution is -0.149. The molecule has 3 rings (SSSR count). The minimum atomic E-state index is -0.602. The summed E-state index contributed by atoms with van der Waals surface area (Å²) in [5.41, 5.74) is 0.896. The van der Waals surface area contributed by atoms with Crippen molar-refractivity contribution in [1.29, 1.82) is 0 Å². The molecule has 6 heteroatoms. The molecule has 0 radical (unpaired) electrons. The third-order valence-corrected chi connectivity index (χ3v) is 4.49. The zero-order chi connectivity index (χ0) is 16.4. The first kappa shape index (κ1) is 15.8. The number of nitrogens with zero attached hydrogens (tertiary/aromatic N) is 1. The Bertz CT molecular complexity index is 576. The third-order valence-electron chi connectivity index (χ3n) is 4.49. The average molecular weight is 319 g/mol. The zero-order valence-electron chi connectivity index (χ0n) is 13.1. The molecule has 0 unspecified atom stereocenters. The summed E-state index contributed by atoms with van der Waals surface area (Å²) in [6, 6.07) is 8.76. The topological polar surface area (TPSA) is 75.8 Å². The summed E-state index contributed by atoms with van der Waals surface area (Å²) in [6.07, 6.45) is -0.0643. The van der Waals surface area contributed by atoms with Crippen LogP contribution in [-0.4, -0.2) is 46.9 Å². The lowest BCUT2D eigenvalue weighted by atomic mass is 9.87. The summed E-state index contributed by atoms with van der Waals surface area (Å²) >= 11 is 0. The number of ether oxygens (including phenoxy) is 2. The van der Waals surface area contributed by atoms with Crippen molar-refractivity contribution in [3.8, 4) is 0 Å². The number of rotatable bonds is 4. The molecule has 1 saturated carbocycles. The Balaban J connectivity index is 1.61. The van der Waals surface area contributed by atoms with Crippen molar-refractivity contribution in [3.63, 3.8) is 0 Å². The van der Waals surface area contributed by atoms with Crippen LogP contribution in [0.3, 0.4) is 0 Å². The van der Waals surface area contributed by atoms with Gasteiger partial charge in [0.05, 0.1) is 30.7 Å². The lowest BCUT2D eigenvalue weighted by Gasteiger charge is -2.20. The minimum Gasteiger partial charge on any atom is -0.466 e. The number of aliphatic hydroxyl groups excluding tert-OH is 1. The van der Waals surface area contributed by atoms with E-state index < -0.39 is 12.2 Å². The van der Waals surface area contributed by atoms with Gasteiger partial charge in [-0.1, -0.05) is 30.3 Å². The van der Waals surface area contributed by atoms with Crippen molar-refractivity contribution in [1.82, 2.24) is 4.90 Å². The molecule has 1 N–H and O–H groups in total. The fourth-order valence-electron chi connectivity index (χ4n) is 3.35. The maximum atomic E-state index is 12.3. The molecule has 0 bridgehead atoms. The first-order valence-corrected chi connectivity index (χ1v) is 7.97. The first-order chi connectivity index (χ1) is 11.1. The van der Waals surface area contributed by atoms with Crippen LogP contribution >= 0.6 is 0 Å². The maximum Gasteiger partial charge on any atom is 0.410 e. The lowest BCUT2D eigenvalue weighted by Crippen LogP contribution is -2.33. The number of likely N-dealkylation sites (tertiary alicyclic amines) is 1. The van der Waals surface area contributed by atoms with Gasteiger partial charge in [-0.25, -0.2) is 4.79 Å². The van der Waals surface area contributed by atoms with Gasteiger partial charge in [-0.05, 0) is 25.3 Å². The smallest absolute Gasteiger partial charge is 0.410 e. The molecule has 6 nitrogen and oxygen atoms in total. The van der Waals surface area contributed by atoms with Crippen molar-refractivity contribution in [2.24, 2.45) is 5.92 Å². The van der Waals surface area contributed by atoms with Gasteiger partial charge in [0.2, 0.25) is 0 Å². The van der Waals surface area contributed by atoms with E-state index in [0.29, 0.717) is 19.4 Å². The van der Waals surface area contributed by atoms with Gasteiger partial charge in [0.15, 0.2) is 0 Å². The van der Waals surface area contributed by atoms with E-state index in [2.05, 4.69) is 0 Å². The van der Waals surface area contributed by atoms with Gasteiger partial charge in [-0.2, -0.15) is 0 Å². The van der Waals surface area contributed by atoms with E-state index >= 15 is 0 Å². The van der Waals surface area contributed by atoms with Gasteiger partial charge >= 0.3 is 12.1 Å². The van der Waals surface area contributed by atoms with Gasteiger partial charge in [0.25, 0.3) is 0 Å². The van der Waals surface area contributed by atoms with E-state index in [0.717, 1.165) is 5.56 Å². The zero-order valence-corrected chi connectivity index (χ0v) is 13.1. The van der Waals surface area contributed by atoms with E-state index in [1.807, 2.05) is 30.3 Å². The second-order valence-corrected chi connectivity index (χ2v) is 5.93. The molecule has 124 valence electrons. The molecule has 0 spiro atoms. The highest BCUT2D eigenvalue weighted by Gasteiger charge is 2.63. The molecule has 1 aliphatic heterocycles. The minimum absolute atomic E-state index is 0.176. The second-order valence-electron chi connectivity index (χ2n) is 5.93. The number of carbonyl (C=O) groups excluding carboxylic acids is 2. The SMILES string of the molecule is CCOC(=O)[C@@H]1CC[C@@H](O)[C@H]2[C@@H]1N2C(=O)OCc1ccccc1. The molecule has 1 saturated heterocycles. The highest BCUT2D eigenvalue weighted by atomic mass is 16.6. The molecule has 1 aliphatic carbocycles. The van der Waals surface area contributed by atoms with Gasteiger partial charge in [0.1, 0.15) is 6.61 Å². The van der Waals surface area contributed by atoms with E-state index in [1.165, 1.54) is 4.90 Å². The van der Waals surface area contributed by atoms with Crippen LogP contribution in [0.2, 0.25) is 0 Å². The summed E-state index contributed by atoms with van der Waals surface area (Å²) in [4.78, 5) is 25.7. The fourth-order valence-corrected chi connectivity index (χ4v) is 3.35. The molecule has 1 amide bonds. The molecule has 23 heavy (non-hydrogen) atoms. The van der Waals surface area contributed by atoms with Crippen LogP contribution in [-0.2, 0) is 20.9 Å². The van der Waals surface area contributed by atoms with Crippen molar-refractivity contribution >= 4 is 12.1 Å². The quantitative estimate of drug-likeness (QED) is 0.675. The highest BCUT2D eigenvalue weighted by molar-refractivity contribution is 5.79. The van der Waals surface area contributed by atoms with Crippen LogP contribution in [0.5, 0.6) is 0 Å². The predicted molar refractivity (Wildman–Crippen MR) is 81.4 cm³/mol. The number of hydrogen-bond acceptors (Lipinski definition) is 5. The highest BCUT2D eigenvalue weighted by Crippen LogP contribution is 2.45. The Hall–Kier alpha value is -2.08. The van der Waals surface area contributed by atoms with Crippen molar-refractivity contribution in [3.05, 3.63) is 35.9 Å². The van der Waals surface area contributed by atoms with Crippen molar-refractivity contribution < 1.29 is 24.2 Å². The second kappa shape index (κ2) is 6.58. The molecular weight excluding hydrogens is 298 g/mol. The summed E-state index contributed by atoms with van der Waals surface area (Å²) < 4.78 is 10.4. The molecular formula is C17H21NO5. The first-order valence-electron chi connectivity index (χ1n) is 7.97. The number of esters is 1. The Kier molecular flexibility index (Phi) is 4.52. The summed E-state index contributed by atoms with van der Waals surface area (Å²) in [6.45, 7) is 2.25. The Morgan fingerprint density at radius 1 is 1.17 bits per heavy atom. The van der Waals surface area contributed by atoms with E-state index in [1.54, 1.807) is 6.92 Å². The van der Waals surface area contributed by atoms with E-state index in [-0.39, 0.29) is 30.6 Å². The fraction of sp³-hybridized carbons (Fsp3) is 0.529. The number of carbonyl (C=O) groups is 2. The number of amides is 1. The average Bonchev–Trinajstić information content (AvgIpc) is 3.30. The summed E-state index contributed by atoms with van der Waals surface area (Å²) in [7, 11) is 0. The molecule has 1 aromatic carbocycles. The van der Waals surface area contributed by atoms with Crippen LogP contribution in [0.4, 0.5) is 4.79 Å². The third kappa shape index (κ3) is 3.17. The van der Waals surface area contributed by atoms with Crippen LogP contribution in [0.1, 0.15) is 25.3 Å². The van der Waals surface area contributed by atoms with Crippen LogP contribution in [0, 0.1) is 5.92 Å². The van der Waals surface area contributed by atoms with Crippen LogP contribution in [0.15, 0.2) is 30.3 Å². The largest absolute Gasteiger partial charge is 0.466 e. The maximum absolute atomic E-state index is 12.3. The number of aliphatic hydroxyl groups is 1. The normalized spacial score (nSPS) is 28.7. The molecule has 0 aromatic heterocycles. The van der Waals surface area contributed by atoms with Crippen LogP contribution < -0.4 is 0 Å². The summed E-state index contributed by atoms with van der Waals surface area (Å²) in [5.74, 6) is -0.666. The van der Waals surface area contributed by atoms with Crippen molar-refractivity contribution in [2.75, 3.05) is 6.61 Å². The molecule has 2 aliphatic rings. The van der Waals surface area contributed by atoms with Crippen LogP contribution in [0.25, 0.3) is 0 Å². The monoisotopic (exact) mass is 319 g/mol. The van der Waals surface area contributed by atoms with Gasteiger partial charge < -0.3 is 14.6 Å². The standard InChI is InChI=1S/C17H21NO5/c1-2-22-16(20)12-8-9-13(19)15-14(12)18(15)17(21)23-10-11-6-4-3-5-7-11/h3-7,12-15,19H,2,8-10H2,1H3/t12-,13-,14-,15+,18?/m1/s1. The van der Waals surface area contributed by atoms with Gasteiger partial charge in [-0.15, -0.1) is 0 Å². The van der Waals surface area contributed by atoms with Gasteiger partial charge in [-0.3, -0.25) is 9.69 Å². The van der Waals surface area contributed by atoms with Gasteiger partial charge in [0, 0.05) is 0 Å². The molecule has 2 fully saturated rings. The predicted octanol–water partition coefficient (Wildman–Crippen LogP) is 1.71. The Morgan fingerprint density at radius 2 is 1.91 bits per heavy atom. The Morgan fingerprint density at radius 3 is 2.61 bits per heavy atom. The number of fused-ring (bicyclic) bond motifs is 1. The molecule has 1 heterocycles. The molecule has 4 atom stereocenters. The number of hydrogen-bond donors (Lipinski definition) is 1. The molecule has 1 aromatic rings. The summed E-state index contributed by atoms with van der Waals surface area (Å²) in [5, 5.41) is 10.1. The Labute approximate surface area is 135 Å². The van der Waals surface area contributed by atoms with E-state index in [4.69, 9.17) is 9.47 Å². The van der Waals surface area contributed by atoms with Crippen molar-refractivity contribution in [2.45, 2.75) is 44.6 Å².